The average Bonchev–Trinajstić information content (AvgIpc) is 3.55. The van der Waals surface area contributed by atoms with Gasteiger partial charge in [-0.15, -0.1) is 0 Å². The highest BCUT2D eigenvalue weighted by molar-refractivity contribution is 5.97. The number of fused-ring (bicyclic) bond motifs is 1. The number of aliphatic imine (C=N–C) groups is 1. The molecule has 5 amide bonds. The number of carbonyl (C=O) groups is 6. The molecule has 0 aliphatic heterocycles. The molecular weight excluding hydrogens is 720 g/mol. The number of benzene rings is 2. The van der Waals surface area contributed by atoms with Crippen LogP contribution in [0.5, 0.6) is 0 Å². The summed E-state index contributed by atoms with van der Waals surface area (Å²) in [5.74, 6) is -4.98. The minimum Gasteiger partial charge on any atom is -0.480 e. The van der Waals surface area contributed by atoms with Crippen molar-refractivity contribution in [3.05, 3.63) is 71.9 Å². The molecule has 0 radical (unpaired) electrons. The zero-order valence-electron chi connectivity index (χ0n) is 32.3. The van der Waals surface area contributed by atoms with Gasteiger partial charge in [-0.25, -0.2) is 0 Å². The van der Waals surface area contributed by atoms with Gasteiger partial charge >= 0.3 is 5.97 Å². The molecular formula is C39H56N10O7. The molecule has 56 heavy (non-hydrogen) atoms. The van der Waals surface area contributed by atoms with E-state index < -0.39 is 72.3 Å². The molecule has 17 nitrogen and oxygen atoms in total. The smallest absolute Gasteiger partial charge is 0.322 e. The summed E-state index contributed by atoms with van der Waals surface area (Å²) in [7, 11) is 0. The molecule has 2 aromatic carbocycles. The quantitative estimate of drug-likeness (QED) is 0.0375. The van der Waals surface area contributed by atoms with Gasteiger partial charge in [0.1, 0.15) is 30.7 Å². The number of guanidine groups is 1. The average molecular weight is 777 g/mol. The maximum atomic E-state index is 14.4. The lowest BCUT2D eigenvalue weighted by molar-refractivity contribution is -0.138. The largest absolute Gasteiger partial charge is 0.480 e. The van der Waals surface area contributed by atoms with Crippen LogP contribution in [0.25, 0.3) is 10.9 Å². The van der Waals surface area contributed by atoms with Crippen LogP contribution in [0.3, 0.4) is 0 Å². The van der Waals surface area contributed by atoms with E-state index >= 15 is 0 Å². The SMILES string of the molecule is CC(C)C[C@H](N)C(=O)N[C@H](C(=O)N[C@@H](Cc1c[nH]c2ccccc12)C(=O)N[C@@H](Cc1ccccc1)C(=O)N[C@@H](CCCN=C(N)N)C(=O)NCC(=O)O)C(C)C. The molecule has 0 saturated carbocycles. The highest BCUT2D eigenvalue weighted by Gasteiger charge is 2.33. The Kier molecular flexibility index (Phi) is 17.3. The second kappa shape index (κ2) is 21.8. The van der Waals surface area contributed by atoms with Crippen molar-refractivity contribution in [2.24, 2.45) is 34.0 Å². The first-order chi connectivity index (χ1) is 26.5. The molecule has 0 spiro atoms. The van der Waals surface area contributed by atoms with E-state index in [2.05, 4.69) is 36.6 Å². The Morgan fingerprint density at radius 3 is 1.98 bits per heavy atom. The number of H-pyrrole nitrogens is 1. The van der Waals surface area contributed by atoms with Crippen molar-refractivity contribution in [2.75, 3.05) is 13.1 Å². The van der Waals surface area contributed by atoms with Gasteiger partial charge in [-0.2, -0.15) is 0 Å². The first-order valence-corrected chi connectivity index (χ1v) is 18.7. The van der Waals surface area contributed by atoms with E-state index in [9.17, 15) is 28.8 Å². The van der Waals surface area contributed by atoms with Crippen molar-refractivity contribution in [3.63, 3.8) is 0 Å². The summed E-state index contributed by atoms with van der Waals surface area (Å²) in [5.41, 5.74) is 19.2. The van der Waals surface area contributed by atoms with Crippen LogP contribution < -0.4 is 43.8 Å². The molecule has 0 fully saturated rings. The molecule has 0 bridgehead atoms. The summed E-state index contributed by atoms with van der Waals surface area (Å²) in [5, 5.41) is 23.3. The van der Waals surface area contributed by atoms with E-state index in [-0.39, 0.29) is 50.0 Å². The number of carboxylic acids is 1. The number of amides is 5. The van der Waals surface area contributed by atoms with Crippen LogP contribution in [-0.4, -0.2) is 94.9 Å². The van der Waals surface area contributed by atoms with Gasteiger partial charge in [-0.3, -0.25) is 33.8 Å². The monoisotopic (exact) mass is 776 g/mol. The number of carbonyl (C=O) groups excluding carboxylic acids is 5. The molecule has 0 saturated heterocycles. The molecule has 304 valence electrons. The number of hydrogen-bond donors (Lipinski definition) is 10. The number of aliphatic carboxylic acids is 1. The van der Waals surface area contributed by atoms with Gasteiger partial charge in [0, 0.05) is 36.5 Å². The van der Waals surface area contributed by atoms with Crippen LogP contribution in [0, 0.1) is 11.8 Å². The zero-order chi connectivity index (χ0) is 41.4. The van der Waals surface area contributed by atoms with Crippen LogP contribution in [0.4, 0.5) is 0 Å². The predicted molar refractivity (Wildman–Crippen MR) is 213 cm³/mol. The zero-order valence-corrected chi connectivity index (χ0v) is 32.3. The van der Waals surface area contributed by atoms with Gasteiger partial charge in [0.2, 0.25) is 29.5 Å². The van der Waals surface area contributed by atoms with E-state index in [1.807, 2.05) is 38.1 Å². The molecule has 5 atom stereocenters. The van der Waals surface area contributed by atoms with Crippen molar-refractivity contribution < 1.29 is 33.9 Å². The highest BCUT2D eigenvalue weighted by atomic mass is 16.4. The lowest BCUT2D eigenvalue weighted by atomic mass is 9.98. The topological polar surface area (TPSA) is 289 Å². The summed E-state index contributed by atoms with van der Waals surface area (Å²) < 4.78 is 0. The number of nitrogens with zero attached hydrogens (tertiary/aromatic N) is 1. The van der Waals surface area contributed by atoms with Gasteiger partial charge in [-0.1, -0.05) is 76.2 Å². The van der Waals surface area contributed by atoms with Crippen molar-refractivity contribution in [1.29, 1.82) is 0 Å². The Balaban J connectivity index is 1.95. The number of rotatable bonds is 22. The van der Waals surface area contributed by atoms with Crippen molar-refractivity contribution in [2.45, 2.75) is 90.0 Å². The first-order valence-electron chi connectivity index (χ1n) is 18.7. The summed E-state index contributed by atoms with van der Waals surface area (Å²) >= 11 is 0. The predicted octanol–water partition coefficient (Wildman–Crippen LogP) is 0.176. The molecule has 13 N–H and O–H groups in total. The summed E-state index contributed by atoms with van der Waals surface area (Å²) in [4.78, 5) is 86.7. The van der Waals surface area contributed by atoms with Gasteiger partial charge < -0.3 is 53.9 Å². The van der Waals surface area contributed by atoms with Crippen LogP contribution in [0.15, 0.2) is 65.8 Å². The number of nitrogens with two attached hydrogens (primary N) is 3. The minimum absolute atomic E-state index is 0.00203. The third-order valence-corrected chi connectivity index (χ3v) is 8.95. The van der Waals surface area contributed by atoms with E-state index in [1.54, 1.807) is 50.4 Å². The summed E-state index contributed by atoms with van der Waals surface area (Å²) in [6.45, 7) is 6.84. The maximum absolute atomic E-state index is 14.4. The Morgan fingerprint density at radius 2 is 1.36 bits per heavy atom. The third kappa shape index (κ3) is 14.4. The van der Waals surface area contributed by atoms with E-state index in [4.69, 9.17) is 22.3 Å². The molecule has 1 heterocycles. The Morgan fingerprint density at radius 1 is 0.750 bits per heavy atom. The lowest BCUT2D eigenvalue weighted by Crippen LogP contribution is -2.60. The molecule has 3 aromatic rings. The van der Waals surface area contributed by atoms with E-state index in [0.717, 1.165) is 10.9 Å². The number of para-hydroxylation sites is 1. The number of hydrogen-bond acceptors (Lipinski definition) is 8. The number of carboxylic acid groups (broad SMARTS) is 1. The number of aromatic nitrogens is 1. The van der Waals surface area contributed by atoms with Gasteiger partial charge in [0.25, 0.3) is 0 Å². The highest BCUT2D eigenvalue weighted by Crippen LogP contribution is 2.20. The van der Waals surface area contributed by atoms with Crippen LogP contribution in [-0.2, 0) is 41.6 Å². The Hall–Kier alpha value is -5.97. The number of aromatic amines is 1. The summed E-state index contributed by atoms with van der Waals surface area (Å²) in [6.07, 6.45) is 2.46. The van der Waals surface area contributed by atoms with Crippen molar-refractivity contribution in [1.82, 2.24) is 31.6 Å². The lowest BCUT2D eigenvalue weighted by Gasteiger charge is -2.28. The molecule has 1 aromatic heterocycles. The molecule has 0 aliphatic carbocycles. The van der Waals surface area contributed by atoms with Crippen LogP contribution in [0.1, 0.15) is 58.1 Å². The van der Waals surface area contributed by atoms with Gasteiger partial charge in [-0.05, 0) is 48.3 Å². The summed E-state index contributed by atoms with van der Waals surface area (Å²) in [6, 6.07) is 10.8. The fourth-order valence-electron chi connectivity index (χ4n) is 6.06. The van der Waals surface area contributed by atoms with E-state index in [1.165, 1.54) is 0 Å². The van der Waals surface area contributed by atoms with Crippen LogP contribution in [0.2, 0.25) is 0 Å². The Labute approximate surface area is 326 Å². The number of nitrogens with one attached hydrogen (secondary N) is 6. The second-order valence-corrected chi connectivity index (χ2v) is 14.5. The fourth-order valence-corrected chi connectivity index (χ4v) is 6.06. The normalized spacial score (nSPS) is 13.8. The maximum Gasteiger partial charge on any atom is 0.322 e. The Bertz CT molecular complexity index is 1820. The van der Waals surface area contributed by atoms with Gasteiger partial charge in [0.05, 0.1) is 6.04 Å². The fraction of sp³-hybridized carbons (Fsp3) is 0.462. The third-order valence-electron chi connectivity index (χ3n) is 8.95. The molecule has 0 aliphatic rings. The minimum atomic E-state index is -1.28. The van der Waals surface area contributed by atoms with E-state index in [0.29, 0.717) is 17.5 Å². The molecule has 3 rings (SSSR count). The first kappa shape index (κ1) is 44.4. The molecule has 0 unspecified atom stereocenters. The standard InChI is InChI=1S/C39H56N10O7/c1-22(2)17-27(40)34(52)49-33(23(3)4)38(56)48-31(19-25-20-44-28-14-9-8-13-26(25)28)37(55)47-30(18-24-11-6-5-7-12-24)36(54)46-29(15-10-16-43-39(41)42)35(53)45-21-32(50)51/h5-9,11-14,20,22-23,27,29-31,33,44H,10,15-19,21,40H2,1-4H3,(H,45,53)(H,46,54)(H,47,55)(H,48,56)(H,49,52)(H,50,51)(H4,41,42,43)/t27-,29-,30-,31-,33-/m0/s1. The van der Waals surface area contributed by atoms with Crippen molar-refractivity contribution >= 4 is 52.4 Å². The van der Waals surface area contributed by atoms with Gasteiger partial charge in [0.15, 0.2) is 5.96 Å². The second-order valence-electron chi connectivity index (χ2n) is 14.5. The van der Waals surface area contributed by atoms with Crippen molar-refractivity contribution in [3.8, 4) is 0 Å². The molecule has 17 heteroatoms. The van der Waals surface area contributed by atoms with Crippen LogP contribution >= 0.6 is 0 Å².